The summed E-state index contributed by atoms with van der Waals surface area (Å²) in [5, 5.41) is 1.77. The number of hydrogen-bond acceptors (Lipinski definition) is 0. The second kappa shape index (κ2) is 7.60. The van der Waals surface area contributed by atoms with Gasteiger partial charge in [0.25, 0.3) is 0 Å². The fourth-order valence-electron chi connectivity index (χ4n) is 1.71. The summed E-state index contributed by atoms with van der Waals surface area (Å²) in [6, 6.07) is 2.96. The Labute approximate surface area is 79.7 Å². The molecular formula is C11H23Si. The molecule has 0 saturated heterocycles. The standard InChI is InChI=1S/C11H23Si/c1-5-9-12(10-6-2)11(7-3)8-4/h7H,5-6,8-10H2,1-4H3. The van der Waals surface area contributed by atoms with E-state index in [4.69, 9.17) is 0 Å². The zero-order valence-electron chi connectivity index (χ0n) is 9.11. The normalized spacial score (nSPS) is 12.6. The minimum absolute atomic E-state index is 0.126. The molecule has 0 unspecified atom stereocenters. The molecule has 0 bridgehead atoms. The van der Waals surface area contributed by atoms with Crippen molar-refractivity contribution >= 4 is 8.80 Å². The Kier molecular flexibility index (Phi) is 7.57. The first-order chi connectivity index (χ1) is 5.79. The molecule has 0 amide bonds. The summed E-state index contributed by atoms with van der Waals surface area (Å²) in [5.41, 5.74) is 0. The van der Waals surface area contributed by atoms with Crippen LogP contribution < -0.4 is 0 Å². The van der Waals surface area contributed by atoms with Gasteiger partial charge in [0, 0.05) is 0 Å². The Hall–Kier alpha value is -0.0431. The zero-order chi connectivity index (χ0) is 9.40. The maximum atomic E-state index is 2.36. The third-order valence-corrected chi connectivity index (χ3v) is 6.04. The second-order valence-electron chi connectivity index (χ2n) is 3.27. The van der Waals surface area contributed by atoms with E-state index in [1.54, 1.807) is 5.20 Å². The molecule has 1 radical (unpaired) electrons. The molecule has 0 fully saturated rings. The van der Waals surface area contributed by atoms with Gasteiger partial charge in [-0.1, -0.05) is 57.0 Å². The van der Waals surface area contributed by atoms with E-state index in [9.17, 15) is 0 Å². The molecule has 0 nitrogen and oxygen atoms in total. The Bertz CT molecular complexity index is 121. The molecule has 0 aliphatic rings. The van der Waals surface area contributed by atoms with Crippen molar-refractivity contribution in [2.45, 2.75) is 59.0 Å². The first-order valence-corrected chi connectivity index (χ1v) is 7.21. The SMILES string of the molecule is CC=C(CC)[Si](CCC)CCC. The van der Waals surface area contributed by atoms with Crippen molar-refractivity contribution in [2.75, 3.05) is 0 Å². The van der Waals surface area contributed by atoms with Crippen LogP contribution in [0.1, 0.15) is 47.0 Å². The highest BCUT2D eigenvalue weighted by molar-refractivity contribution is 6.66. The summed E-state index contributed by atoms with van der Waals surface area (Å²) in [6.07, 6.45) is 6.38. The van der Waals surface area contributed by atoms with E-state index < -0.39 is 0 Å². The predicted molar refractivity (Wildman–Crippen MR) is 60.0 cm³/mol. The van der Waals surface area contributed by atoms with Crippen molar-refractivity contribution in [1.82, 2.24) is 0 Å². The first kappa shape index (κ1) is 12.0. The van der Waals surface area contributed by atoms with Crippen molar-refractivity contribution in [3.8, 4) is 0 Å². The van der Waals surface area contributed by atoms with E-state index in [-0.39, 0.29) is 8.80 Å². The molecule has 71 valence electrons. The summed E-state index contributed by atoms with van der Waals surface area (Å²) in [4.78, 5) is 0. The Morgan fingerprint density at radius 1 is 1.08 bits per heavy atom. The molecule has 0 aromatic carbocycles. The molecular weight excluding hydrogens is 160 g/mol. The predicted octanol–water partition coefficient (Wildman–Crippen LogP) is 4.20. The minimum atomic E-state index is -0.126. The van der Waals surface area contributed by atoms with E-state index in [1.165, 1.54) is 31.4 Å². The van der Waals surface area contributed by atoms with Gasteiger partial charge in [-0.05, 0) is 13.3 Å². The smallest absolute Gasteiger partial charge is 0.0797 e. The van der Waals surface area contributed by atoms with Crippen LogP contribution in [0.25, 0.3) is 0 Å². The molecule has 0 spiro atoms. The van der Waals surface area contributed by atoms with Gasteiger partial charge in [-0.25, -0.2) is 0 Å². The van der Waals surface area contributed by atoms with Gasteiger partial charge in [0.1, 0.15) is 0 Å². The van der Waals surface area contributed by atoms with Gasteiger partial charge < -0.3 is 0 Å². The third-order valence-electron chi connectivity index (χ3n) is 2.29. The Balaban J connectivity index is 4.06. The van der Waals surface area contributed by atoms with Crippen molar-refractivity contribution < 1.29 is 0 Å². The number of allylic oxidation sites excluding steroid dienone is 2. The van der Waals surface area contributed by atoms with E-state index in [0.717, 1.165) is 0 Å². The van der Waals surface area contributed by atoms with E-state index in [1.807, 2.05) is 0 Å². The van der Waals surface area contributed by atoms with E-state index >= 15 is 0 Å². The third kappa shape index (κ3) is 4.10. The second-order valence-corrected chi connectivity index (χ2v) is 6.12. The van der Waals surface area contributed by atoms with Crippen LogP contribution in [0.4, 0.5) is 0 Å². The quantitative estimate of drug-likeness (QED) is 0.541. The molecule has 0 saturated carbocycles. The lowest BCUT2D eigenvalue weighted by atomic mass is 10.4. The minimum Gasteiger partial charge on any atom is -0.0925 e. The topological polar surface area (TPSA) is 0 Å². The zero-order valence-corrected chi connectivity index (χ0v) is 10.1. The van der Waals surface area contributed by atoms with Crippen molar-refractivity contribution in [3.05, 3.63) is 11.3 Å². The largest absolute Gasteiger partial charge is 0.0925 e. The van der Waals surface area contributed by atoms with Crippen molar-refractivity contribution in [3.63, 3.8) is 0 Å². The highest BCUT2D eigenvalue weighted by atomic mass is 28.3. The van der Waals surface area contributed by atoms with E-state index in [0.29, 0.717) is 0 Å². The van der Waals surface area contributed by atoms with Crippen LogP contribution >= 0.6 is 0 Å². The maximum absolute atomic E-state index is 2.36. The van der Waals surface area contributed by atoms with Crippen LogP contribution in [0.15, 0.2) is 11.3 Å². The lowest BCUT2D eigenvalue weighted by Gasteiger charge is -2.15. The van der Waals surface area contributed by atoms with Crippen LogP contribution in [0, 0.1) is 0 Å². The van der Waals surface area contributed by atoms with Crippen molar-refractivity contribution in [2.24, 2.45) is 0 Å². The maximum Gasteiger partial charge on any atom is 0.0797 e. The molecule has 1 heteroatoms. The van der Waals surface area contributed by atoms with Crippen LogP contribution in [0.5, 0.6) is 0 Å². The van der Waals surface area contributed by atoms with Crippen LogP contribution in [-0.4, -0.2) is 8.80 Å². The summed E-state index contributed by atoms with van der Waals surface area (Å²) in [7, 11) is -0.126. The summed E-state index contributed by atoms with van der Waals surface area (Å²) in [5.74, 6) is 0. The number of hydrogen-bond donors (Lipinski definition) is 0. The molecule has 0 N–H and O–H groups in total. The van der Waals surface area contributed by atoms with Gasteiger partial charge in [-0.3, -0.25) is 0 Å². The molecule has 0 aliphatic carbocycles. The summed E-state index contributed by atoms with van der Waals surface area (Å²) in [6.45, 7) is 9.12. The van der Waals surface area contributed by atoms with Crippen LogP contribution in [-0.2, 0) is 0 Å². The van der Waals surface area contributed by atoms with Crippen LogP contribution in [0.3, 0.4) is 0 Å². The van der Waals surface area contributed by atoms with Gasteiger partial charge in [0.05, 0.1) is 8.80 Å². The fraction of sp³-hybridized carbons (Fsp3) is 0.818. The average molecular weight is 183 g/mol. The molecule has 0 aliphatic heterocycles. The highest BCUT2D eigenvalue weighted by Crippen LogP contribution is 2.17. The molecule has 0 aromatic heterocycles. The lowest BCUT2D eigenvalue weighted by Crippen LogP contribution is -2.15. The average Bonchev–Trinajstić information content (AvgIpc) is 2.07. The van der Waals surface area contributed by atoms with Gasteiger partial charge in [-0.2, -0.15) is 0 Å². The monoisotopic (exact) mass is 183 g/mol. The Morgan fingerprint density at radius 2 is 1.58 bits per heavy atom. The van der Waals surface area contributed by atoms with Crippen LogP contribution in [0.2, 0.25) is 12.1 Å². The fourth-order valence-corrected chi connectivity index (χ4v) is 4.72. The van der Waals surface area contributed by atoms with Gasteiger partial charge in [0.15, 0.2) is 0 Å². The number of rotatable bonds is 6. The molecule has 0 atom stereocenters. The van der Waals surface area contributed by atoms with Gasteiger partial charge >= 0.3 is 0 Å². The lowest BCUT2D eigenvalue weighted by molar-refractivity contribution is 0.993. The van der Waals surface area contributed by atoms with Gasteiger partial charge in [0.2, 0.25) is 0 Å². The van der Waals surface area contributed by atoms with E-state index in [2.05, 4.69) is 33.8 Å². The summed E-state index contributed by atoms with van der Waals surface area (Å²) < 4.78 is 0. The molecule has 0 aromatic rings. The molecule has 12 heavy (non-hydrogen) atoms. The molecule has 0 heterocycles. The van der Waals surface area contributed by atoms with Gasteiger partial charge in [-0.15, -0.1) is 0 Å². The highest BCUT2D eigenvalue weighted by Gasteiger charge is 2.11. The Morgan fingerprint density at radius 3 is 1.83 bits per heavy atom. The van der Waals surface area contributed by atoms with Crippen molar-refractivity contribution in [1.29, 1.82) is 0 Å². The summed E-state index contributed by atoms with van der Waals surface area (Å²) >= 11 is 0. The molecule has 0 rings (SSSR count). The first-order valence-electron chi connectivity index (χ1n) is 5.30.